The summed E-state index contributed by atoms with van der Waals surface area (Å²) < 4.78 is 10.6. The zero-order valence-corrected chi connectivity index (χ0v) is 21.5. The Hall–Kier alpha value is -2.35. The molecule has 8 nitrogen and oxygen atoms in total. The first-order valence-electron chi connectivity index (χ1n) is 13.3. The van der Waals surface area contributed by atoms with Gasteiger partial charge in [0, 0.05) is 24.9 Å². The first-order chi connectivity index (χ1) is 16.9. The maximum atomic E-state index is 12.9. The van der Waals surface area contributed by atoms with Crippen molar-refractivity contribution in [1.29, 1.82) is 0 Å². The smallest absolute Gasteiger partial charge is 0.335 e. The molecule has 2 aliphatic rings. The van der Waals surface area contributed by atoms with Crippen molar-refractivity contribution in [3.63, 3.8) is 0 Å². The fourth-order valence-electron chi connectivity index (χ4n) is 4.91. The van der Waals surface area contributed by atoms with Crippen molar-refractivity contribution in [2.24, 2.45) is 17.6 Å². The van der Waals surface area contributed by atoms with Gasteiger partial charge in [0.2, 0.25) is 0 Å². The quantitative estimate of drug-likeness (QED) is 0.224. The van der Waals surface area contributed by atoms with Crippen LogP contribution in [0.3, 0.4) is 0 Å². The number of esters is 2. The third-order valence-corrected chi connectivity index (χ3v) is 6.99. The van der Waals surface area contributed by atoms with Crippen molar-refractivity contribution in [3.8, 4) is 0 Å². The number of aliphatic carboxylic acids is 1. The minimum absolute atomic E-state index is 0.125. The molecule has 2 rings (SSSR count). The predicted molar refractivity (Wildman–Crippen MR) is 134 cm³/mol. The van der Waals surface area contributed by atoms with Crippen LogP contribution in [0.15, 0.2) is 23.5 Å². The number of fused-ring (bicyclic) bond motifs is 1. The maximum Gasteiger partial charge on any atom is 0.335 e. The Morgan fingerprint density at radius 2 is 1.71 bits per heavy atom. The van der Waals surface area contributed by atoms with Gasteiger partial charge in [-0.05, 0) is 44.1 Å². The molecule has 0 amide bonds. The lowest BCUT2D eigenvalue weighted by Gasteiger charge is -2.28. The molecule has 3 atom stereocenters. The number of carbonyl (C=O) groups excluding carboxylic acids is 2. The van der Waals surface area contributed by atoms with Gasteiger partial charge in [0.25, 0.3) is 0 Å². The topological polar surface area (TPSA) is 119 Å². The Kier molecular flexibility index (Phi) is 12.9. The van der Waals surface area contributed by atoms with Gasteiger partial charge in [0.15, 0.2) is 0 Å². The summed E-state index contributed by atoms with van der Waals surface area (Å²) in [5.74, 6) is -2.06. The molecule has 8 heteroatoms. The highest BCUT2D eigenvalue weighted by molar-refractivity contribution is 5.91. The van der Waals surface area contributed by atoms with Gasteiger partial charge < -0.3 is 25.2 Å². The highest BCUT2D eigenvalue weighted by Gasteiger charge is 2.42. The fraction of sp³-hybridized carbons (Fsp3) is 0.741. The van der Waals surface area contributed by atoms with E-state index in [4.69, 9.17) is 20.3 Å². The van der Waals surface area contributed by atoms with Crippen LogP contribution in [-0.2, 0) is 23.9 Å². The van der Waals surface area contributed by atoms with E-state index in [9.17, 15) is 14.4 Å². The van der Waals surface area contributed by atoms with Crippen molar-refractivity contribution in [3.05, 3.63) is 23.5 Å². The Morgan fingerprint density at radius 1 is 1.03 bits per heavy atom. The Bertz CT molecular complexity index is 763. The number of carboxylic acid groups (broad SMARTS) is 1. The lowest BCUT2D eigenvalue weighted by molar-refractivity contribution is -0.147. The summed E-state index contributed by atoms with van der Waals surface area (Å²) in [5.41, 5.74) is 7.05. The van der Waals surface area contributed by atoms with Crippen LogP contribution in [0, 0.1) is 11.8 Å². The van der Waals surface area contributed by atoms with Gasteiger partial charge in [-0.25, -0.2) is 4.79 Å². The van der Waals surface area contributed by atoms with Crippen molar-refractivity contribution < 1.29 is 29.0 Å². The van der Waals surface area contributed by atoms with Crippen LogP contribution in [0.2, 0.25) is 0 Å². The van der Waals surface area contributed by atoms with Crippen LogP contribution in [0.25, 0.3) is 0 Å². The van der Waals surface area contributed by atoms with Gasteiger partial charge in [0.05, 0.1) is 25.2 Å². The number of carboxylic acids is 1. The van der Waals surface area contributed by atoms with Gasteiger partial charge in [-0.1, -0.05) is 51.9 Å². The molecule has 1 aliphatic carbocycles. The van der Waals surface area contributed by atoms with Crippen LogP contribution in [0.4, 0.5) is 0 Å². The van der Waals surface area contributed by atoms with Gasteiger partial charge in [-0.2, -0.15) is 0 Å². The monoisotopic (exact) mass is 492 g/mol. The largest absolute Gasteiger partial charge is 0.480 e. The molecule has 0 spiro atoms. The molecular weight excluding hydrogens is 448 g/mol. The standard InChI is InChI=1S/C27H44N2O6/c1-3-4-5-6-7-8-9-12-17-35-27(33)21-15-14-20-22(21)18-29(19-23(20)26(32)34-2)16-11-10-13-24(28)25(30)31/h18-21,24H,3-17,28H2,1-2H3,(H,30,31). The second-order valence-electron chi connectivity index (χ2n) is 9.71. The summed E-state index contributed by atoms with van der Waals surface area (Å²) in [6.07, 6.45) is 16.4. The summed E-state index contributed by atoms with van der Waals surface area (Å²) in [4.78, 5) is 38.1. The number of ether oxygens (including phenoxy) is 2. The van der Waals surface area contributed by atoms with Crippen LogP contribution in [0.5, 0.6) is 0 Å². The molecule has 198 valence electrons. The molecule has 0 aromatic rings. The lowest BCUT2D eigenvalue weighted by Crippen LogP contribution is -2.30. The van der Waals surface area contributed by atoms with Crippen LogP contribution >= 0.6 is 0 Å². The van der Waals surface area contributed by atoms with Crippen molar-refractivity contribution >= 4 is 17.9 Å². The first-order valence-corrected chi connectivity index (χ1v) is 13.3. The average molecular weight is 493 g/mol. The Balaban J connectivity index is 1.86. The highest BCUT2D eigenvalue weighted by Crippen LogP contribution is 2.44. The minimum atomic E-state index is -1.000. The van der Waals surface area contributed by atoms with E-state index in [-0.39, 0.29) is 23.8 Å². The van der Waals surface area contributed by atoms with Gasteiger partial charge in [-0.3, -0.25) is 9.59 Å². The maximum absolute atomic E-state index is 12.9. The molecule has 1 saturated carbocycles. The summed E-state index contributed by atoms with van der Waals surface area (Å²) >= 11 is 0. The summed E-state index contributed by atoms with van der Waals surface area (Å²) in [6, 6.07) is -0.865. The van der Waals surface area contributed by atoms with E-state index in [0.29, 0.717) is 50.8 Å². The molecule has 1 fully saturated rings. The van der Waals surface area contributed by atoms with E-state index in [2.05, 4.69) is 6.92 Å². The number of methoxy groups -OCH3 is 1. The van der Waals surface area contributed by atoms with Crippen LogP contribution in [-0.4, -0.2) is 54.2 Å². The number of hydrogen-bond acceptors (Lipinski definition) is 7. The third-order valence-electron chi connectivity index (χ3n) is 6.99. The molecule has 0 aromatic carbocycles. The van der Waals surface area contributed by atoms with E-state index < -0.39 is 12.0 Å². The number of carbonyl (C=O) groups is 3. The molecule has 1 heterocycles. The van der Waals surface area contributed by atoms with E-state index in [1.165, 1.54) is 45.6 Å². The number of nitrogens with two attached hydrogens (primary N) is 1. The summed E-state index contributed by atoms with van der Waals surface area (Å²) in [6.45, 7) is 3.26. The number of hydrogen-bond donors (Lipinski definition) is 2. The zero-order valence-electron chi connectivity index (χ0n) is 21.5. The van der Waals surface area contributed by atoms with Crippen LogP contribution < -0.4 is 5.73 Å². The normalized spacial score (nSPS) is 20.0. The lowest BCUT2D eigenvalue weighted by atomic mass is 9.89. The van der Waals surface area contributed by atoms with E-state index in [0.717, 1.165) is 18.4 Å². The van der Waals surface area contributed by atoms with E-state index in [1.54, 1.807) is 6.20 Å². The zero-order chi connectivity index (χ0) is 25.6. The van der Waals surface area contributed by atoms with Crippen molar-refractivity contribution in [2.75, 3.05) is 20.3 Å². The second kappa shape index (κ2) is 15.6. The number of unbranched alkanes of at least 4 members (excludes halogenated alkanes) is 8. The molecule has 3 N–H and O–H groups in total. The van der Waals surface area contributed by atoms with Gasteiger partial charge in [0.1, 0.15) is 6.04 Å². The molecule has 1 aliphatic heterocycles. The molecule has 0 aromatic heterocycles. The Morgan fingerprint density at radius 3 is 2.37 bits per heavy atom. The summed E-state index contributed by atoms with van der Waals surface area (Å²) in [7, 11) is 1.36. The molecule has 3 unspecified atom stereocenters. The SMILES string of the molecule is CCCCCCCCCCOC(=O)C1CCC2C(C(=O)OC)=CN(CCCCC(N)C(=O)O)C=C12. The number of rotatable bonds is 17. The van der Waals surface area contributed by atoms with Crippen molar-refractivity contribution in [1.82, 2.24) is 4.90 Å². The molecule has 0 radical (unpaired) electrons. The molecule has 0 bridgehead atoms. The molecular formula is C27H44N2O6. The number of nitrogens with zero attached hydrogens (tertiary/aromatic N) is 1. The fourth-order valence-corrected chi connectivity index (χ4v) is 4.91. The predicted octanol–water partition coefficient (Wildman–Crippen LogP) is 4.54. The third kappa shape index (κ3) is 9.32. The van der Waals surface area contributed by atoms with Gasteiger partial charge >= 0.3 is 17.9 Å². The van der Waals surface area contributed by atoms with Crippen LogP contribution in [0.1, 0.15) is 90.4 Å². The minimum Gasteiger partial charge on any atom is -0.480 e. The van der Waals surface area contributed by atoms with Crippen molar-refractivity contribution in [2.45, 2.75) is 96.4 Å². The van der Waals surface area contributed by atoms with E-state index >= 15 is 0 Å². The van der Waals surface area contributed by atoms with E-state index in [1.807, 2.05) is 11.1 Å². The van der Waals surface area contributed by atoms with Gasteiger partial charge in [-0.15, -0.1) is 0 Å². The highest BCUT2D eigenvalue weighted by atomic mass is 16.5. The second-order valence-corrected chi connectivity index (χ2v) is 9.71. The summed E-state index contributed by atoms with van der Waals surface area (Å²) in [5, 5.41) is 8.93. The Labute approximate surface area is 209 Å². The molecule has 0 saturated heterocycles. The first kappa shape index (κ1) is 28.9. The average Bonchev–Trinajstić information content (AvgIpc) is 3.28. The molecule has 35 heavy (non-hydrogen) atoms.